The average Bonchev–Trinajstić information content (AvgIpc) is 2.89. The summed E-state index contributed by atoms with van der Waals surface area (Å²) in [6.45, 7) is 4.97. The van der Waals surface area contributed by atoms with E-state index in [4.69, 9.17) is 5.73 Å². The second-order valence-corrected chi connectivity index (χ2v) is 5.47. The molecule has 0 bridgehead atoms. The highest BCUT2D eigenvalue weighted by atomic mass is 16.4. The van der Waals surface area contributed by atoms with Crippen LogP contribution < -0.4 is 5.73 Å². The number of carbonyl (C=O) groups is 1. The van der Waals surface area contributed by atoms with Crippen molar-refractivity contribution in [3.05, 3.63) is 29.3 Å². The molecule has 0 amide bonds. The zero-order valence-corrected chi connectivity index (χ0v) is 12.0. The molecule has 20 heavy (non-hydrogen) atoms. The highest BCUT2D eigenvalue weighted by molar-refractivity contribution is 5.95. The fourth-order valence-corrected chi connectivity index (χ4v) is 2.70. The number of hydrogen-bond acceptors (Lipinski definition) is 4. The van der Waals surface area contributed by atoms with Crippen molar-refractivity contribution in [2.45, 2.75) is 19.4 Å². The maximum absolute atomic E-state index is 11.3. The van der Waals surface area contributed by atoms with E-state index in [1.807, 2.05) is 19.2 Å². The quantitative estimate of drug-likeness (QED) is 0.771. The topological polar surface area (TPSA) is 69.8 Å². The molecule has 1 aromatic carbocycles. The summed E-state index contributed by atoms with van der Waals surface area (Å²) in [5.74, 6) is -0.953. The lowest BCUT2D eigenvalue weighted by Gasteiger charge is -2.22. The molecule has 0 saturated carbocycles. The van der Waals surface area contributed by atoms with Crippen LogP contribution >= 0.6 is 0 Å². The van der Waals surface area contributed by atoms with E-state index in [-0.39, 0.29) is 5.56 Å². The zero-order valence-electron chi connectivity index (χ0n) is 12.0. The molecule has 0 spiro atoms. The summed E-state index contributed by atoms with van der Waals surface area (Å²) in [4.78, 5) is 15.9. The fourth-order valence-electron chi connectivity index (χ4n) is 2.70. The number of carboxylic acids is 1. The van der Waals surface area contributed by atoms with Crippen molar-refractivity contribution < 1.29 is 9.90 Å². The van der Waals surface area contributed by atoms with Crippen LogP contribution in [0.1, 0.15) is 28.8 Å². The van der Waals surface area contributed by atoms with E-state index in [1.54, 1.807) is 6.07 Å². The van der Waals surface area contributed by atoms with E-state index in [2.05, 4.69) is 9.80 Å². The molecule has 0 unspecified atom stereocenters. The van der Waals surface area contributed by atoms with Crippen LogP contribution in [0.5, 0.6) is 0 Å². The Morgan fingerprint density at radius 1 is 1.40 bits per heavy atom. The van der Waals surface area contributed by atoms with Crippen LogP contribution in [-0.2, 0) is 6.54 Å². The first-order valence-corrected chi connectivity index (χ1v) is 7.09. The molecular formula is C15H23N3O2. The van der Waals surface area contributed by atoms with E-state index < -0.39 is 5.97 Å². The molecular weight excluding hydrogens is 254 g/mol. The number of nitrogen functional groups attached to an aromatic ring is 1. The number of nitrogens with two attached hydrogens (primary N) is 1. The number of carboxylic acid groups (broad SMARTS) is 1. The number of benzene rings is 1. The van der Waals surface area contributed by atoms with E-state index in [0.717, 1.165) is 18.7 Å². The molecule has 5 nitrogen and oxygen atoms in total. The van der Waals surface area contributed by atoms with Gasteiger partial charge in [-0.15, -0.1) is 0 Å². The summed E-state index contributed by atoms with van der Waals surface area (Å²) >= 11 is 0. The molecule has 0 aliphatic carbocycles. The third-order valence-corrected chi connectivity index (χ3v) is 3.83. The van der Waals surface area contributed by atoms with Crippen LogP contribution in [0.2, 0.25) is 0 Å². The lowest BCUT2D eigenvalue weighted by atomic mass is 10.1. The van der Waals surface area contributed by atoms with Gasteiger partial charge in [-0.05, 0) is 44.6 Å². The Balaban J connectivity index is 1.94. The Morgan fingerprint density at radius 2 is 2.10 bits per heavy atom. The maximum Gasteiger partial charge on any atom is 0.338 e. The van der Waals surface area contributed by atoms with E-state index >= 15 is 0 Å². The van der Waals surface area contributed by atoms with Gasteiger partial charge in [-0.1, -0.05) is 12.1 Å². The third kappa shape index (κ3) is 3.71. The van der Waals surface area contributed by atoms with Gasteiger partial charge < -0.3 is 20.6 Å². The van der Waals surface area contributed by atoms with Gasteiger partial charge in [-0.3, -0.25) is 0 Å². The van der Waals surface area contributed by atoms with Crippen molar-refractivity contribution in [3.63, 3.8) is 0 Å². The number of nitrogens with zero attached hydrogens (tertiary/aromatic N) is 2. The standard InChI is InChI=1S/C15H23N3O2/c1-17(9-10-18-7-2-3-8-18)11-12-5-4-6-13(16)14(12)15(19)20/h4-6H,2-3,7-11,16H2,1H3,(H,19,20). The zero-order chi connectivity index (χ0) is 14.5. The minimum atomic E-state index is -0.953. The monoisotopic (exact) mass is 277 g/mol. The molecule has 3 N–H and O–H groups in total. The minimum Gasteiger partial charge on any atom is -0.478 e. The van der Waals surface area contributed by atoms with Crippen LogP contribution in [0.15, 0.2) is 18.2 Å². The Kier molecular flexibility index (Phi) is 4.98. The Labute approximate surface area is 120 Å². The number of aromatic carboxylic acids is 1. The van der Waals surface area contributed by atoms with Crippen LogP contribution in [-0.4, -0.2) is 54.1 Å². The van der Waals surface area contributed by atoms with Gasteiger partial charge in [0, 0.05) is 25.3 Å². The molecule has 0 radical (unpaired) electrons. The first kappa shape index (κ1) is 14.8. The van der Waals surface area contributed by atoms with Crippen molar-refractivity contribution in [2.75, 3.05) is 39.0 Å². The average molecular weight is 277 g/mol. The van der Waals surface area contributed by atoms with Gasteiger partial charge in [0.15, 0.2) is 0 Å². The molecule has 1 fully saturated rings. The molecule has 1 heterocycles. The largest absolute Gasteiger partial charge is 0.478 e. The Bertz CT molecular complexity index is 470. The molecule has 110 valence electrons. The molecule has 2 rings (SSSR count). The van der Waals surface area contributed by atoms with Gasteiger partial charge >= 0.3 is 5.97 Å². The van der Waals surface area contributed by atoms with Gasteiger partial charge in [0.25, 0.3) is 0 Å². The van der Waals surface area contributed by atoms with Gasteiger partial charge in [0.05, 0.1) is 5.56 Å². The molecule has 0 atom stereocenters. The smallest absolute Gasteiger partial charge is 0.338 e. The summed E-state index contributed by atoms with van der Waals surface area (Å²) in [6, 6.07) is 5.29. The Hall–Kier alpha value is -1.59. The predicted molar refractivity (Wildman–Crippen MR) is 79.8 cm³/mol. The van der Waals surface area contributed by atoms with Crippen molar-refractivity contribution in [3.8, 4) is 0 Å². The van der Waals surface area contributed by atoms with E-state index in [0.29, 0.717) is 12.2 Å². The van der Waals surface area contributed by atoms with Crippen molar-refractivity contribution >= 4 is 11.7 Å². The number of anilines is 1. The number of likely N-dealkylation sites (tertiary alicyclic amines) is 1. The SMILES string of the molecule is CN(CCN1CCCC1)Cc1cccc(N)c1C(=O)O. The first-order chi connectivity index (χ1) is 9.58. The summed E-state index contributed by atoms with van der Waals surface area (Å²) in [5, 5.41) is 9.26. The lowest BCUT2D eigenvalue weighted by Crippen LogP contribution is -2.31. The molecule has 1 saturated heterocycles. The van der Waals surface area contributed by atoms with Crippen LogP contribution in [0, 0.1) is 0 Å². The molecule has 0 aromatic heterocycles. The molecule has 1 aliphatic heterocycles. The van der Waals surface area contributed by atoms with E-state index in [1.165, 1.54) is 25.9 Å². The minimum absolute atomic E-state index is 0.237. The van der Waals surface area contributed by atoms with Crippen molar-refractivity contribution in [1.82, 2.24) is 9.80 Å². The third-order valence-electron chi connectivity index (χ3n) is 3.83. The summed E-state index contributed by atoms with van der Waals surface area (Å²) in [7, 11) is 2.02. The second kappa shape index (κ2) is 6.72. The fraction of sp³-hybridized carbons (Fsp3) is 0.533. The summed E-state index contributed by atoms with van der Waals surface area (Å²) in [6.07, 6.45) is 2.59. The van der Waals surface area contributed by atoms with Gasteiger partial charge in [0.2, 0.25) is 0 Å². The highest BCUT2D eigenvalue weighted by Crippen LogP contribution is 2.18. The van der Waals surface area contributed by atoms with Gasteiger partial charge in [0.1, 0.15) is 0 Å². The second-order valence-electron chi connectivity index (χ2n) is 5.47. The number of rotatable bonds is 6. The lowest BCUT2D eigenvalue weighted by molar-refractivity contribution is 0.0696. The highest BCUT2D eigenvalue weighted by Gasteiger charge is 2.16. The number of likely N-dealkylation sites (N-methyl/N-ethyl adjacent to an activating group) is 1. The Morgan fingerprint density at radius 3 is 2.75 bits per heavy atom. The maximum atomic E-state index is 11.3. The van der Waals surface area contributed by atoms with Crippen LogP contribution in [0.3, 0.4) is 0 Å². The van der Waals surface area contributed by atoms with E-state index in [9.17, 15) is 9.90 Å². The normalized spacial score (nSPS) is 15.9. The summed E-state index contributed by atoms with van der Waals surface area (Å²) < 4.78 is 0. The molecule has 1 aliphatic rings. The molecule has 5 heteroatoms. The predicted octanol–water partition coefficient (Wildman–Crippen LogP) is 1.49. The van der Waals surface area contributed by atoms with Crippen LogP contribution in [0.4, 0.5) is 5.69 Å². The van der Waals surface area contributed by atoms with Gasteiger partial charge in [-0.2, -0.15) is 0 Å². The number of hydrogen-bond donors (Lipinski definition) is 2. The van der Waals surface area contributed by atoms with Crippen LogP contribution in [0.25, 0.3) is 0 Å². The van der Waals surface area contributed by atoms with Crippen molar-refractivity contribution in [1.29, 1.82) is 0 Å². The molecule has 1 aromatic rings. The summed E-state index contributed by atoms with van der Waals surface area (Å²) in [5.41, 5.74) is 7.12. The first-order valence-electron chi connectivity index (χ1n) is 7.09. The van der Waals surface area contributed by atoms with Crippen molar-refractivity contribution in [2.24, 2.45) is 0 Å². The van der Waals surface area contributed by atoms with Gasteiger partial charge in [-0.25, -0.2) is 4.79 Å².